The van der Waals surface area contributed by atoms with Gasteiger partial charge in [-0.2, -0.15) is 0 Å². The largest absolute Gasteiger partial charge is 0.491 e. The van der Waals surface area contributed by atoms with Gasteiger partial charge in [0.1, 0.15) is 12.4 Å². The molecule has 134 valence electrons. The molecular formula is C16H18N2O7. The van der Waals surface area contributed by atoms with Crippen LogP contribution >= 0.6 is 0 Å². The van der Waals surface area contributed by atoms with Gasteiger partial charge in [0, 0.05) is 24.3 Å². The van der Waals surface area contributed by atoms with Crippen molar-refractivity contribution in [1.82, 2.24) is 4.90 Å². The molecule has 0 unspecified atom stereocenters. The number of benzene rings is 1. The summed E-state index contributed by atoms with van der Waals surface area (Å²) in [5.74, 6) is -0.125. The molecule has 0 fully saturated rings. The van der Waals surface area contributed by atoms with Crippen LogP contribution in [0.2, 0.25) is 0 Å². The van der Waals surface area contributed by atoms with Crippen molar-refractivity contribution in [1.29, 1.82) is 0 Å². The minimum absolute atomic E-state index is 0.00820. The highest BCUT2D eigenvalue weighted by Crippen LogP contribution is 2.17. The van der Waals surface area contributed by atoms with E-state index in [0.717, 1.165) is 4.90 Å². The average molecular weight is 350 g/mol. The van der Waals surface area contributed by atoms with Crippen molar-refractivity contribution >= 4 is 17.5 Å². The number of rotatable bonds is 11. The molecule has 0 saturated carbocycles. The molecule has 0 aliphatic carbocycles. The number of nitrogens with zero attached hydrogens (tertiary/aromatic N) is 2. The van der Waals surface area contributed by atoms with Crippen LogP contribution in [0.1, 0.15) is 0 Å². The number of nitro benzene ring substituents is 1. The Labute approximate surface area is 143 Å². The molecule has 9 nitrogen and oxygen atoms in total. The molecule has 0 saturated heterocycles. The SMILES string of the molecule is O=C1C=CC(=O)N1CCOCCOCCOc1ccc([N+](=O)[O-])cc1. The zero-order valence-electron chi connectivity index (χ0n) is 13.5. The normalized spacial score (nSPS) is 13.5. The monoisotopic (exact) mass is 350 g/mol. The molecule has 0 bridgehead atoms. The van der Waals surface area contributed by atoms with E-state index in [0.29, 0.717) is 32.2 Å². The average Bonchev–Trinajstić information content (AvgIpc) is 2.92. The molecular weight excluding hydrogens is 332 g/mol. The van der Waals surface area contributed by atoms with Crippen LogP contribution in [0, 0.1) is 10.1 Å². The van der Waals surface area contributed by atoms with Crippen molar-refractivity contribution in [2.24, 2.45) is 0 Å². The molecule has 2 amide bonds. The number of hydrogen-bond donors (Lipinski definition) is 0. The number of amides is 2. The van der Waals surface area contributed by atoms with Gasteiger partial charge >= 0.3 is 0 Å². The van der Waals surface area contributed by atoms with Crippen LogP contribution in [-0.2, 0) is 19.1 Å². The van der Waals surface area contributed by atoms with Crippen LogP contribution in [0.5, 0.6) is 5.75 Å². The summed E-state index contributed by atoms with van der Waals surface area (Å²) in [5.41, 5.74) is 0.00820. The van der Waals surface area contributed by atoms with Crippen LogP contribution < -0.4 is 4.74 Å². The number of ether oxygens (including phenoxy) is 3. The summed E-state index contributed by atoms with van der Waals surface area (Å²) in [6.45, 7) is 1.80. The molecule has 1 aromatic carbocycles. The van der Waals surface area contributed by atoms with Gasteiger partial charge in [-0.15, -0.1) is 0 Å². The van der Waals surface area contributed by atoms with Gasteiger partial charge in [0.2, 0.25) is 0 Å². The quantitative estimate of drug-likeness (QED) is 0.253. The highest BCUT2D eigenvalue weighted by Gasteiger charge is 2.22. The topological polar surface area (TPSA) is 108 Å². The summed E-state index contributed by atoms with van der Waals surface area (Å²) in [6.07, 6.45) is 2.47. The first kappa shape index (κ1) is 18.6. The van der Waals surface area contributed by atoms with E-state index in [-0.39, 0.29) is 30.7 Å². The summed E-state index contributed by atoms with van der Waals surface area (Å²) < 4.78 is 16.0. The maximum absolute atomic E-state index is 11.3. The van der Waals surface area contributed by atoms with Crippen molar-refractivity contribution in [3.8, 4) is 5.75 Å². The van der Waals surface area contributed by atoms with Crippen LogP contribution in [0.3, 0.4) is 0 Å². The number of non-ortho nitro benzene ring substituents is 1. The van der Waals surface area contributed by atoms with Crippen molar-refractivity contribution in [2.45, 2.75) is 0 Å². The predicted molar refractivity (Wildman–Crippen MR) is 86.1 cm³/mol. The molecule has 9 heteroatoms. The van der Waals surface area contributed by atoms with E-state index in [9.17, 15) is 19.7 Å². The fourth-order valence-corrected chi connectivity index (χ4v) is 2.01. The second kappa shape index (κ2) is 9.50. The van der Waals surface area contributed by atoms with E-state index in [1.54, 1.807) is 0 Å². The lowest BCUT2D eigenvalue weighted by Gasteiger charge is -2.13. The second-order valence-electron chi connectivity index (χ2n) is 4.99. The van der Waals surface area contributed by atoms with E-state index < -0.39 is 4.92 Å². The Kier molecular flexibility index (Phi) is 7.05. The Balaban J connectivity index is 1.46. The summed E-state index contributed by atoms with van der Waals surface area (Å²) in [4.78, 5) is 33.7. The molecule has 1 aliphatic rings. The van der Waals surface area contributed by atoms with Crippen LogP contribution in [-0.4, -0.2) is 61.2 Å². The van der Waals surface area contributed by atoms with Crippen molar-refractivity contribution < 1.29 is 28.7 Å². The predicted octanol–water partition coefficient (Wildman–Crippen LogP) is 0.932. The van der Waals surface area contributed by atoms with Crippen LogP contribution in [0.15, 0.2) is 36.4 Å². The highest BCUT2D eigenvalue weighted by molar-refractivity contribution is 6.12. The minimum atomic E-state index is -0.473. The third-order valence-electron chi connectivity index (χ3n) is 3.28. The molecule has 25 heavy (non-hydrogen) atoms. The van der Waals surface area contributed by atoms with Crippen LogP contribution in [0.25, 0.3) is 0 Å². The molecule has 1 aliphatic heterocycles. The lowest BCUT2D eigenvalue weighted by Crippen LogP contribution is -2.33. The molecule has 0 aromatic heterocycles. The molecule has 0 atom stereocenters. The first-order chi connectivity index (χ1) is 12.1. The molecule has 0 radical (unpaired) electrons. The Bertz CT molecular complexity index is 624. The van der Waals surface area contributed by atoms with Gasteiger partial charge in [0.25, 0.3) is 17.5 Å². The van der Waals surface area contributed by atoms with E-state index in [1.165, 1.54) is 36.4 Å². The lowest BCUT2D eigenvalue weighted by atomic mass is 10.3. The highest BCUT2D eigenvalue weighted by atomic mass is 16.6. The Morgan fingerprint density at radius 3 is 2.04 bits per heavy atom. The zero-order valence-corrected chi connectivity index (χ0v) is 13.5. The van der Waals surface area contributed by atoms with Gasteiger partial charge in [-0.1, -0.05) is 0 Å². The van der Waals surface area contributed by atoms with E-state index in [4.69, 9.17) is 14.2 Å². The first-order valence-electron chi connectivity index (χ1n) is 7.64. The number of carbonyl (C=O) groups is 2. The Morgan fingerprint density at radius 1 is 0.880 bits per heavy atom. The van der Waals surface area contributed by atoms with Gasteiger partial charge in [-0.05, 0) is 12.1 Å². The van der Waals surface area contributed by atoms with Gasteiger partial charge in [-0.25, -0.2) is 0 Å². The maximum atomic E-state index is 11.3. The van der Waals surface area contributed by atoms with Gasteiger partial charge in [0.05, 0.1) is 37.9 Å². The smallest absolute Gasteiger partial charge is 0.269 e. The maximum Gasteiger partial charge on any atom is 0.269 e. The first-order valence-corrected chi connectivity index (χ1v) is 7.64. The van der Waals surface area contributed by atoms with E-state index >= 15 is 0 Å². The number of imide groups is 1. The lowest BCUT2D eigenvalue weighted by molar-refractivity contribution is -0.384. The third kappa shape index (κ3) is 5.98. The van der Waals surface area contributed by atoms with Crippen molar-refractivity contribution in [3.05, 3.63) is 46.5 Å². The van der Waals surface area contributed by atoms with Crippen LogP contribution in [0.4, 0.5) is 5.69 Å². The molecule has 0 spiro atoms. The van der Waals surface area contributed by atoms with Gasteiger partial charge in [0.15, 0.2) is 0 Å². The number of nitro groups is 1. The molecule has 1 aromatic rings. The standard InChI is InChI=1S/C16H18N2O7/c19-15-5-6-16(20)17(15)7-8-23-9-10-24-11-12-25-14-3-1-13(2-4-14)18(21)22/h1-6H,7-12H2. The number of carbonyl (C=O) groups excluding carboxylic acids is 2. The summed E-state index contributed by atoms with van der Waals surface area (Å²) in [7, 11) is 0. The van der Waals surface area contributed by atoms with Gasteiger partial charge in [-0.3, -0.25) is 24.6 Å². The minimum Gasteiger partial charge on any atom is -0.491 e. The Morgan fingerprint density at radius 2 is 1.44 bits per heavy atom. The third-order valence-corrected chi connectivity index (χ3v) is 3.28. The fraction of sp³-hybridized carbons (Fsp3) is 0.375. The van der Waals surface area contributed by atoms with E-state index in [2.05, 4.69) is 0 Å². The second-order valence-corrected chi connectivity index (χ2v) is 4.99. The molecule has 2 rings (SSSR count). The van der Waals surface area contributed by atoms with Gasteiger partial charge < -0.3 is 14.2 Å². The van der Waals surface area contributed by atoms with Crippen molar-refractivity contribution in [2.75, 3.05) is 39.6 Å². The fourth-order valence-electron chi connectivity index (χ4n) is 2.01. The van der Waals surface area contributed by atoms with E-state index in [1.807, 2.05) is 0 Å². The summed E-state index contributed by atoms with van der Waals surface area (Å²) >= 11 is 0. The van der Waals surface area contributed by atoms with Crippen molar-refractivity contribution in [3.63, 3.8) is 0 Å². The molecule has 0 N–H and O–H groups in total. The Hall–Kier alpha value is -2.78. The summed E-state index contributed by atoms with van der Waals surface area (Å²) in [5, 5.41) is 10.5. The summed E-state index contributed by atoms with van der Waals surface area (Å²) in [6, 6.07) is 5.79. The molecule has 1 heterocycles. The zero-order chi connectivity index (χ0) is 18.1. The number of hydrogen-bond acceptors (Lipinski definition) is 7.